The molecule has 0 N–H and O–H groups in total. The van der Waals surface area contributed by atoms with Gasteiger partial charge in [-0.3, -0.25) is 19.2 Å². The van der Waals surface area contributed by atoms with Crippen molar-refractivity contribution in [2.75, 3.05) is 4.90 Å². The van der Waals surface area contributed by atoms with Crippen molar-refractivity contribution in [2.24, 2.45) is 11.8 Å². The molecule has 2 aliphatic heterocycles. The first-order valence-electron chi connectivity index (χ1n) is 12.8. The van der Waals surface area contributed by atoms with E-state index in [1.807, 2.05) is 12.1 Å². The lowest BCUT2D eigenvalue weighted by Crippen LogP contribution is -2.51. The molecule has 1 aliphatic carbocycles. The van der Waals surface area contributed by atoms with Gasteiger partial charge in [-0.25, -0.2) is 4.90 Å². The van der Waals surface area contributed by atoms with E-state index in [1.165, 1.54) is 0 Å². The van der Waals surface area contributed by atoms with E-state index in [4.69, 9.17) is 21.1 Å². The van der Waals surface area contributed by atoms with Crippen LogP contribution in [0.1, 0.15) is 32.4 Å². The lowest BCUT2D eigenvalue weighted by atomic mass is 9.77. The smallest absolute Gasteiger partial charge is 0.241 e. The van der Waals surface area contributed by atoms with Crippen molar-refractivity contribution in [3.63, 3.8) is 0 Å². The minimum Gasteiger partial charge on any atom is -0.457 e. The number of rotatable bonds is 4. The van der Waals surface area contributed by atoms with Crippen LogP contribution in [-0.2, 0) is 14.3 Å². The highest BCUT2D eigenvalue weighted by Gasteiger charge is 2.74. The van der Waals surface area contributed by atoms with Crippen molar-refractivity contribution in [3.8, 4) is 11.5 Å². The first-order valence-corrected chi connectivity index (χ1v) is 14.0. The summed E-state index contributed by atoms with van der Waals surface area (Å²) >= 11 is 9.48. The number of ether oxygens (including phenoxy) is 2. The molecule has 0 unspecified atom stereocenters. The summed E-state index contributed by atoms with van der Waals surface area (Å²) in [5, 5.41) is 0.472. The molecule has 0 aromatic heterocycles. The Hall–Kier alpha value is -4.11. The number of hydrogen-bond donors (Lipinski definition) is 0. The van der Waals surface area contributed by atoms with Gasteiger partial charge < -0.3 is 9.47 Å². The summed E-state index contributed by atoms with van der Waals surface area (Å²) in [4.78, 5) is 56.9. The maximum Gasteiger partial charge on any atom is 0.241 e. The lowest BCUT2D eigenvalue weighted by molar-refractivity contribution is -0.127. The molecule has 7 rings (SSSR count). The van der Waals surface area contributed by atoms with Crippen LogP contribution in [0.2, 0.25) is 5.02 Å². The SMILES string of the molecule is O=C1[C@@H]2[C@@H](c3ccc(Cl)cc3)OC3(C(=O)c4ccccc4C3=O)[C@@H]2C(=O)N1c1ccc(Oc2ccc(Br)cc2)cc1. The summed E-state index contributed by atoms with van der Waals surface area (Å²) in [6, 6.07) is 26.8. The summed E-state index contributed by atoms with van der Waals surface area (Å²) in [5.74, 6) is -3.72. The number of benzene rings is 4. The standard InChI is InChI=1S/C32H19BrClNO6/c33-18-7-13-21(14-8-18)40-22-15-11-20(12-16-22)35-30(38)25-26(31(35)39)32(41-27(25)17-5-9-19(34)10-6-17)28(36)23-3-1-2-4-24(23)29(32)37/h1-16,25-27H/t25-,26-,27+/m0/s1. The summed E-state index contributed by atoms with van der Waals surface area (Å²) in [7, 11) is 0. The number of fused-ring (bicyclic) bond motifs is 3. The van der Waals surface area contributed by atoms with Gasteiger partial charge in [-0.1, -0.05) is 63.9 Å². The third-order valence-corrected chi connectivity index (χ3v) is 8.64. The Labute approximate surface area is 247 Å². The Morgan fingerprint density at radius 3 is 1.88 bits per heavy atom. The number of ketones is 2. The minimum atomic E-state index is -2.13. The van der Waals surface area contributed by atoms with Crippen LogP contribution in [0.5, 0.6) is 11.5 Å². The van der Waals surface area contributed by atoms with Crippen molar-refractivity contribution in [1.29, 1.82) is 0 Å². The lowest BCUT2D eigenvalue weighted by Gasteiger charge is -2.27. The molecule has 7 nitrogen and oxygen atoms in total. The first kappa shape index (κ1) is 25.8. The highest BCUT2D eigenvalue weighted by molar-refractivity contribution is 9.10. The molecule has 2 saturated heterocycles. The molecular weight excluding hydrogens is 610 g/mol. The monoisotopic (exact) mass is 627 g/mol. The van der Waals surface area contributed by atoms with Crippen molar-refractivity contribution in [2.45, 2.75) is 11.7 Å². The molecule has 0 radical (unpaired) electrons. The van der Waals surface area contributed by atoms with Gasteiger partial charge in [-0.2, -0.15) is 0 Å². The Morgan fingerprint density at radius 1 is 0.732 bits per heavy atom. The molecular formula is C32H19BrClNO6. The largest absolute Gasteiger partial charge is 0.457 e. The van der Waals surface area contributed by atoms with Gasteiger partial charge in [-0.05, 0) is 66.2 Å². The van der Waals surface area contributed by atoms with Crippen LogP contribution in [0.4, 0.5) is 5.69 Å². The van der Waals surface area contributed by atoms with Crippen LogP contribution in [0, 0.1) is 11.8 Å². The van der Waals surface area contributed by atoms with Gasteiger partial charge in [0.2, 0.25) is 29.0 Å². The maximum atomic E-state index is 14.1. The molecule has 2 heterocycles. The van der Waals surface area contributed by atoms with Crippen LogP contribution in [-0.4, -0.2) is 29.0 Å². The van der Waals surface area contributed by atoms with E-state index >= 15 is 0 Å². The van der Waals surface area contributed by atoms with E-state index < -0.39 is 46.9 Å². The number of halogens is 2. The van der Waals surface area contributed by atoms with E-state index in [0.717, 1.165) is 9.37 Å². The van der Waals surface area contributed by atoms with Gasteiger partial charge in [0, 0.05) is 20.6 Å². The zero-order valence-corrected chi connectivity index (χ0v) is 23.5. The van der Waals surface area contributed by atoms with E-state index in [1.54, 1.807) is 84.9 Å². The van der Waals surface area contributed by atoms with Crippen molar-refractivity contribution >= 4 is 56.6 Å². The maximum absolute atomic E-state index is 14.1. The highest BCUT2D eigenvalue weighted by atomic mass is 79.9. The molecule has 2 amide bonds. The van der Waals surface area contributed by atoms with Crippen LogP contribution < -0.4 is 9.64 Å². The second kappa shape index (κ2) is 9.48. The molecule has 3 aliphatic rings. The molecule has 4 aromatic carbocycles. The second-order valence-corrected chi connectivity index (χ2v) is 11.4. The molecule has 2 fully saturated rings. The third kappa shape index (κ3) is 3.82. The van der Waals surface area contributed by atoms with Gasteiger partial charge in [0.05, 0.1) is 23.6 Å². The van der Waals surface area contributed by atoms with E-state index in [-0.39, 0.29) is 11.1 Å². The quantitative estimate of drug-likeness (QED) is 0.187. The molecule has 3 atom stereocenters. The van der Waals surface area contributed by atoms with Gasteiger partial charge >= 0.3 is 0 Å². The fourth-order valence-electron chi connectivity index (χ4n) is 6.03. The van der Waals surface area contributed by atoms with Gasteiger partial charge in [0.15, 0.2) is 0 Å². The Kier molecular flexibility index (Phi) is 5.97. The zero-order valence-electron chi connectivity index (χ0n) is 21.1. The zero-order chi connectivity index (χ0) is 28.5. The predicted molar refractivity (Wildman–Crippen MR) is 153 cm³/mol. The topological polar surface area (TPSA) is 90.0 Å². The van der Waals surface area contributed by atoms with Crippen LogP contribution in [0.15, 0.2) is 102 Å². The van der Waals surface area contributed by atoms with Crippen LogP contribution in [0.3, 0.4) is 0 Å². The van der Waals surface area contributed by atoms with Crippen LogP contribution in [0.25, 0.3) is 0 Å². The molecule has 0 saturated carbocycles. The molecule has 9 heteroatoms. The second-order valence-electron chi connectivity index (χ2n) is 10.1. The summed E-state index contributed by atoms with van der Waals surface area (Å²) in [6.45, 7) is 0. The Balaban J connectivity index is 1.28. The molecule has 4 aromatic rings. The molecule has 202 valence electrons. The number of hydrogen-bond acceptors (Lipinski definition) is 6. The van der Waals surface area contributed by atoms with Crippen molar-refractivity contribution in [3.05, 3.63) is 123 Å². The van der Waals surface area contributed by atoms with Crippen molar-refractivity contribution in [1.82, 2.24) is 0 Å². The normalized spacial score (nSPS) is 22.4. The first-order chi connectivity index (χ1) is 19.8. The van der Waals surface area contributed by atoms with Crippen LogP contribution >= 0.6 is 27.5 Å². The van der Waals surface area contributed by atoms with E-state index in [9.17, 15) is 19.2 Å². The third-order valence-electron chi connectivity index (χ3n) is 7.86. The minimum absolute atomic E-state index is 0.182. The summed E-state index contributed by atoms with van der Waals surface area (Å²) in [6.07, 6.45) is -1.01. The van der Waals surface area contributed by atoms with E-state index in [2.05, 4.69) is 15.9 Å². The number of nitrogens with zero attached hydrogens (tertiary/aromatic N) is 1. The fourth-order valence-corrected chi connectivity index (χ4v) is 6.42. The number of carbonyl (C=O) groups is 4. The number of carbonyl (C=O) groups excluding carboxylic acids is 4. The van der Waals surface area contributed by atoms with Gasteiger partial charge in [0.1, 0.15) is 11.5 Å². The molecule has 41 heavy (non-hydrogen) atoms. The molecule has 1 spiro atoms. The average Bonchev–Trinajstić information content (AvgIpc) is 3.55. The predicted octanol–water partition coefficient (Wildman–Crippen LogP) is 6.59. The Morgan fingerprint density at radius 2 is 1.29 bits per heavy atom. The summed E-state index contributed by atoms with van der Waals surface area (Å²) in [5.41, 5.74) is -0.926. The number of imide groups is 1. The van der Waals surface area contributed by atoms with Gasteiger partial charge in [0.25, 0.3) is 0 Å². The fraction of sp³-hybridized carbons (Fsp3) is 0.125. The Bertz CT molecular complexity index is 1720. The number of Topliss-reactive ketones (excluding diaryl/α,β-unsaturated/α-hetero) is 2. The summed E-state index contributed by atoms with van der Waals surface area (Å²) < 4.78 is 13.1. The average molecular weight is 629 g/mol. The number of anilines is 1. The van der Waals surface area contributed by atoms with E-state index in [0.29, 0.717) is 27.8 Å². The van der Waals surface area contributed by atoms with Crippen molar-refractivity contribution < 1.29 is 28.7 Å². The van der Waals surface area contributed by atoms with Gasteiger partial charge in [-0.15, -0.1) is 0 Å². The highest BCUT2D eigenvalue weighted by Crippen LogP contribution is 2.57. The molecule has 0 bridgehead atoms. The number of amides is 2.